The first-order valence-electron chi connectivity index (χ1n) is 6.50. The molecule has 8 heteroatoms. The Morgan fingerprint density at radius 3 is 2.52 bits per heavy atom. The number of thiazole rings is 1. The SMILES string of the molecule is O=S(=O)(c1csc(-c2ccc(Br)cc2)n1)N1CCNCC1. The highest BCUT2D eigenvalue weighted by molar-refractivity contribution is 9.10. The van der Waals surface area contributed by atoms with Crippen LogP contribution in [0.2, 0.25) is 0 Å². The van der Waals surface area contributed by atoms with Crippen molar-refractivity contribution in [2.24, 2.45) is 0 Å². The summed E-state index contributed by atoms with van der Waals surface area (Å²) in [6.07, 6.45) is 0. The summed E-state index contributed by atoms with van der Waals surface area (Å²) in [7, 11) is -3.47. The van der Waals surface area contributed by atoms with Gasteiger partial charge in [0, 0.05) is 41.6 Å². The number of halogens is 1. The Balaban J connectivity index is 1.88. The van der Waals surface area contributed by atoms with Gasteiger partial charge in [-0.3, -0.25) is 0 Å². The van der Waals surface area contributed by atoms with Crippen LogP contribution < -0.4 is 5.32 Å². The van der Waals surface area contributed by atoms with E-state index in [0.717, 1.165) is 15.0 Å². The molecule has 0 bridgehead atoms. The van der Waals surface area contributed by atoms with Gasteiger partial charge in [-0.25, -0.2) is 13.4 Å². The third-order valence-electron chi connectivity index (χ3n) is 3.25. The van der Waals surface area contributed by atoms with Crippen molar-refractivity contribution in [2.45, 2.75) is 5.03 Å². The minimum absolute atomic E-state index is 0.146. The summed E-state index contributed by atoms with van der Waals surface area (Å²) in [6.45, 7) is 2.35. The third kappa shape index (κ3) is 3.19. The second kappa shape index (κ2) is 6.13. The third-order valence-corrected chi connectivity index (χ3v) is 6.61. The summed E-state index contributed by atoms with van der Waals surface area (Å²) in [5, 5.41) is 5.63. The maximum atomic E-state index is 12.5. The summed E-state index contributed by atoms with van der Waals surface area (Å²) in [5.74, 6) is 0. The van der Waals surface area contributed by atoms with Gasteiger partial charge in [0.25, 0.3) is 10.0 Å². The second-order valence-electron chi connectivity index (χ2n) is 4.65. The minimum Gasteiger partial charge on any atom is -0.314 e. The van der Waals surface area contributed by atoms with E-state index in [9.17, 15) is 8.42 Å². The molecule has 112 valence electrons. The van der Waals surface area contributed by atoms with E-state index in [0.29, 0.717) is 26.2 Å². The molecule has 1 saturated heterocycles. The zero-order valence-electron chi connectivity index (χ0n) is 11.1. The van der Waals surface area contributed by atoms with Crippen LogP contribution in [0, 0.1) is 0 Å². The Morgan fingerprint density at radius 2 is 1.86 bits per heavy atom. The number of hydrogen-bond acceptors (Lipinski definition) is 5. The van der Waals surface area contributed by atoms with Gasteiger partial charge in [-0.2, -0.15) is 4.31 Å². The van der Waals surface area contributed by atoms with Gasteiger partial charge in [0.1, 0.15) is 5.01 Å². The highest BCUT2D eigenvalue weighted by Crippen LogP contribution is 2.28. The average Bonchev–Trinajstić information content (AvgIpc) is 2.99. The standard InChI is InChI=1S/C13H14BrN3O2S2/c14-11-3-1-10(2-4-11)13-16-12(9-20-13)21(18,19)17-7-5-15-6-8-17/h1-4,9,15H,5-8H2. The lowest BCUT2D eigenvalue weighted by molar-refractivity contribution is 0.359. The molecule has 0 unspecified atom stereocenters. The van der Waals surface area contributed by atoms with Crippen LogP contribution in [0.25, 0.3) is 10.6 Å². The molecule has 1 aliphatic rings. The Morgan fingerprint density at radius 1 is 1.19 bits per heavy atom. The molecule has 21 heavy (non-hydrogen) atoms. The van der Waals surface area contributed by atoms with Crippen molar-refractivity contribution >= 4 is 37.3 Å². The Hall–Kier alpha value is -0.800. The van der Waals surface area contributed by atoms with Crippen LogP contribution in [-0.4, -0.2) is 43.9 Å². The quantitative estimate of drug-likeness (QED) is 0.876. The number of sulfonamides is 1. The predicted molar refractivity (Wildman–Crippen MR) is 86.9 cm³/mol. The van der Waals surface area contributed by atoms with E-state index < -0.39 is 10.0 Å². The minimum atomic E-state index is -3.47. The van der Waals surface area contributed by atoms with Crippen LogP contribution in [0.5, 0.6) is 0 Å². The van der Waals surface area contributed by atoms with Crippen LogP contribution in [0.4, 0.5) is 0 Å². The average molecular weight is 388 g/mol. The number of nitrogens with zero attached hydrogens (tertiary/aromatic N) is 2. The lowest BCUT2D eigenvalue weighted by Gasteiger charge is -2.25. The monoisotopic (exact) mass is 387 g/mol. The van der Waals surface area contributed by atoms with Crippen molar-refractivity contribution in [1.82, 2.24) is 14.6 Å². The fourth-order valence-electron chi connectivity index (χ4n) is 2.12. The zero-order valence-corrected chi connectivity index (χ0v) is 14.3. The van der Waals surface area contributed by atoms with E-state index >= 15 is 0 Å². The highest BCUT2D eigenvalue weighted by atomic mass is 79.9. The topological polar surface area (TPSA) is 62.3 Å². The van der Waals surface area contributed by atoms with Gasteiger partial charge in [-0.15, -0.1) is 11.3 Å². The molecule has 0 spiro atoms. The molecule has 1 aliphatic heterocycles. The summed E-state index contributed by atoms with van der Waals surface area (Å²) >= 11 is 4.73. The molecule has 3 rings (SSSR count). The molecule has 1 N–H and O–H groups in total. The molecular formula is C13H14BrN3O2S2. The molecule has 0 saturated carbocycles. The van der Waals surface area contributed by atoms with E-state index in [1.54, 1.807) is 5.38 Å². The first kappa shape index (κ1) is 15.1. The lowest BCUT2D eigenvalue weighted by Crippen LogP contribution is -2.46. The van der Waals surface area contributed by atoms with Crippen LogP contribution >= 0.6 is 27.3 Å². The number of aromatic nitrogens is 1. The van der Waals surface area contributed by atoms with E-state index in [1.165, 1.54) is 15.6 Å². The Labute approximate surface area is 136 Å². The molecule has 0 atom stereocenters. The van der Waals surface area contributed by atoms with Crippen molar-refractivity contribution in [3.63, 3.8) is 0 Å². The normalized spacial score (nSPS) is 17.0. The van der Waals surface area contributed by atoms with Crippen molar-refractivity contribution in [2.75, 3.05) is 26.2 Å². The molecule has 1 aromatic carbocycles. The Bertz CT molecular complexity index is 722. The van der Waals surface area contributed by atoms with Gasteiger partial charge in [-0.1, -0.05) is 28.1 Å². The highest BCUT2D eigenvalue weighted by Gasteiger charge is 2.28. The maximum Gasteiger partial charge on any atom is 0.261 e. The number of piperazine rings is 1. The molecule has 0 amide bonds. The lowest BCUT2D eigenvalue weighted by atomic mass is 10.2. The van der Waals surface area contributed by atoms with Gasteiger partial charge in [-0.05, 0) is 12.1 Å². The molecule has 2 aromatic rings. The fourth-order valence-corrected chi connectivity index (χ4v) is 4.90. The van der Waals surface area contributed by atoms with Gasteiger partial charge in [0.2, 0.25) is 0 Å². The number of rotatable bonds is 3. The number of benzene rings is 1. The van der Waals surface area contributed by atoms with Crippen molar-refractivity contribution in [1.29, 1.82) is 0 Å². The molecule has 1 fully saturated rings. The molecule has 0 aliphatic carbocycles. The smallest absolute Gasteiger partial charge is 0.261 e. The molecule has 0 radical (unpaired) electrons. The first-order valence-corrected chi connectivity index (χ1v) is 9.61. The molecule has 2 heterocycles. The first-order chi connectivity index (χ1) is 10.1. The summed E-state index contributed by atoms with van der Waals surface area (Å²) < 4.78 is 27.5. The van der Waals surface area contributed by atoms with Gasteiger partial charge >= 0.3 is 0 Å². The van der Waals surface area contributed by atoms with E-state index in [-0.39, 0.29) is 5.03 Å². The predicted octanol–water partition coefficient (Wildman–Crippen LogP) is 2.17. The van der Waals surface area contributed by atoms with Crippen LogP contribution in [0.3, 0.4) is 0 Å². The molecule has 5 nitrogen and oxygen atoms in total. The molecular weight excluding hydrogens is 374 g/mol. The largest absolute Gasteiger partial charge is 0.314 e. The van der Waals surface area contributed by atoms with E-state index in [1.807, 2.05) is 24.3 Å². The Kier molecular flexibility index (Phi) is 4.41. The maximum absolute atomic E-state index is 12.5. The van der Waals surface area contributed by atoms with Gasteiger partial charge in [0.15, 0.2) is 5.03 Å². The van der Waals surface area contributed by atoms with Crippen molar-refractivity contribution in [3.8, 4) is 10.6 Å². The number of nitrogens with one attached hydrogen (secondary N) is 1. The number of hydrogen-bond donors (Lipinski definition) is 1. The van der Waals surface area contributed by atoms with Crippen LogP contribution in [0.15, 0.2) is 39.1 Å². The van der Waals surface area contributed by atoms with Gasteiger partial charge < -0.3 is 5.32 Å². The summed E-state index contributed by atoms with van der Waals surface area (Å²) in [5.41, 5.74) is 0.921. The fraction of sp³-hybridized carbons (Fsp3) is 0.308. The summed E-state index contributed by atoms with van der Waals surface area (Å²) in [6, 6.07) is 7.68. The molecule has 1 aromatic heterocycles. The van der Waals surface area contributed by atoms with Crippen molar-refractivity contribution in [3.05, 3.63) is 34.1 Å². The van der Waals surface area contributed by atoms with Gasteiger partial charge in [0.05, 0.1) is 0 Å². The zero-order chi connectivity index (χ0) is 14.9. The van der Waals surface area contributed by atoms with Crippen molar-refractivity contribution < 1.29 is 8.42 Å². The van der Waals surface area contributed by atoms with E-state index in [4.69, 9.17) is 0 Å². The van der Waals surface area contributed by atoms with E-state index in [2.05, 4.69) is 26.2 Å². The second-order valence-corrected chi connectivity index (χ2v) is 8.31. The van der Waals surface area contributed by atoms with Crippen LogP contribution in [-0.2, 0) is 10.0 Å². The summed E-state index contributed by atoms with van der Waals surface area (Å²) in [4.78, 5) is 4.31. The van der Waals surface area contributed by atoms with Crippen LogP contribution in [0.1, 0.15) is 0 Å².